The van der Waals surface area contributed by atoms with Crippen molar-refractivity contribution in [3.8, 4) is 0 Å². The zero-order chi connectivity index (χ0) is 17.8. The van der Waals surface area contributed by atoms with Gasteiger partial charge < -0.3 is 20.7 Å². The van der Waals surface area contributed by atoms with E-state index in [2.05, 4.69) is 5.32 Å². The highest BCUT2D eigenvalue weighted by atomic mass is 35.5. The predicted molar refractivity (Wildman–Crippen MR) is 104 cm³/mol. The molecule has 2 heterocycles. The standard InChI is InChI=1S/C19H27N3O3.ClH/c1-13(20)14-7-9-22(10-8-14)19(24)15-4-2-5-16(12-15)21-18(23)17-6-3-11-25-17;/h2,4-5,12-14,17H,3,6-11,20H2,1H3,(H,21,23);1H. The van der Waals surface area contributed by atoms with Crippen molar-refractivity contribution >= 4 is 29.9 Å². The summed E-state index contributed by atoms with van der Waals surface area (Å²) in [6.07, 6.45) is 3.17. The average molecular weight is 382 g/mol. The smallest absolute Gasteiger partial charge is 0.253 e. The highest BCUT2D eigenvalue weighted by Crippen LogP contribution is 2.22. The maximum Gasteiger partial charge on any atom is 0.253 e. The number of nitrogens with one attached hydrogen (secondary N) is 1. The average Bonchev–Trinajstić information content (AvgIpc) is 3.16. The molecule has 3 rings (SSSR count). The molecule has 3 N–H and O–H groups in total. The molecule has 0 aromatic heterocycles. The molecule has 2 unspecified atom stereocenters. The molecule has 2 aliphatic rings. The minimum atomic E-state index is -0.378. The summed E-state index contributed by atoms with van der Waals surface area (Å²) < 4.78 is 5.39. The zero-order valence-electron chi connectivity index (χ0n) is 15.1. The Balaban J connectivity index is 0.00000243. The van der Waals surface area contributed by atoms with Gasteiger partial charge in [-0.05, 0) is 56.7 Å². The van der Waals surface area contributed by atoms with Gasteiger partial charge in [-0.2, -0.15) is 0 Å². The first kappa shape index (κ1) is 20.7. The van der Waals surface area contributed by atoms with Gasteiger partial charge in [0, 0.05) is 37.0 Å². The number of nitrogens with two attached hydrogens (primary N) is 1. The summed E-state index contributed by atoms with van der Waals surface area (Å²) in [6, 6.07) is 7.31. The molecule has 2 saturated heterocycles. The molecule has 0 radical (unpaired) electrons. The van der Waals surface area contributed by atoms with E-state index < -0.39 is 0 Å². The van der Waals surface area contributed by atoms with Crippen LogP contribution < -0.4 is 11.1 Å². The Hall–Kier alpha value is -1.63. The summed E-state index contributed by atoms with van der Waals surface area (Å²) >= 11 is 0. The van der Waals surface area contributed by atoms with Crippen LogP contribution in [0.5, 0.6) is 0 Å². The van der Waals surface area contributed by atoms with Crippen LogP contribution in [-0.4, -0.2) is 48.6 Å². The maximum atomic E-state index is 12.7. The van der Waals surface area contributed by atoms with Crippen molar-refractivity contribution in [1.82, 2.24) is 4.90 Å². The third-order valence-corrected chi connectivity index (χ3v) is 5.17. The van der Waals surface area contributed by atoms with Crippen LogP contribution in [0.15, 0.2) is 24.3 Å². The number of carbonyl (C=O) groups is 2. The third kappa shape index (κ3) is 4.96. The fraction of sp³-hybridized carbons (Fsp3) is 0.579. The van der Waals surface area contributed by atoms with Gasteiger partial charge in [-0.25, -0.2) is 0 Å². The Kier molecular flexibility index (Phi) is 7.43. The lowest BCUT2D eigenvalue weighted by Crippen LogP contribution is -2.42. The van der Waals surface area contributed by atoms with E-state index in [9.17, 15) is 9.59 Å². The third-order valence-electron chi connectivity index (χ3n) is 5.17. The molecule has 0 bridgehead atoms. The van der Waals surface area contributed by atoms with E-state index in [0.717, 1.165) is 38.8 Å². The topological polar surface area (TPSA) is 84.7 Å². The van der Waals surface area contributed by atoms with Crippen molar-refractivity contribution in [2.45, 2.75) is 44.8 Å². The molecular formula is C19H28ClN3O3. The van der Waals surface area contributed by atoms with Crippen LogP contribution in [0.3, 0.4) is 0 Å². The molecule has 0 spiro atoms. The Labute approximate surface area is 160 Å². The van der Waals surface area contributed by atoms with Crippen molar-refractivity contribution < 1.29 is 14.3 Å². The monoisotopic (exact) mass is 381 g/mol. The number of nitrogens with zero attached hydrogens (tertiary/aromatic N) is 1. The van der Waals surface area contributed by atoms with Crippen LogP contribution in [0.25, 0.3) is 0 Å². The number of likely N-dealkylation sites (tertiary alicyclic amines) is 1. The number of hydrogen-bond donors (Lipinski definition) is 2. The van der Waals surface area contributed by atoms with Crippen molar-refractivity contribution in [3.05, 3.63) is 29.8 Å². The van der Waals surface area contributed by atoms with Crippen molar-refractivity contribution in [3.63, 3.8) is 0 Å². The van der Waals surface area contributed by atoms with Gasteiger partial charge in [0.25, 0.3) is 11.8 Å². The molecule has 2 aliphatic heterocycles. The van der Waals surface area contributed by atoms with Crippen molar-refractivity contribution in [2.75, 3.05) is 25.0 Å². The summed E-state index contributed by atoms with van der Waals surface area (Å²) in [5, 5.41) is 2.85. The van der Waals surface area contributed by atoms with E-state index in [0.29, 0.717) is 23.8 Å². The molecule has 1 aromatic carbocycles. The number of piperidine rings is 1. The van der Waals surface area contributed by atoms with Crippen LogP contribution in [0.1, 0.15) is 43.0 Å². The highest BCUT2D eigenvalue weighted by molar-refractivity contribution is 5.98. The lowest BCUT2D eigenvalue weighted by Gasteiger charge is -2.33. The van der Waals surface area contributed by atoms with E-state index in [1.807, 2.05) is 11.8 Å². The maximum absolute atomic E-state index is 12.7. The largest absolute Gasteiger partial charge is 0.368 e. The first-order valence-electron chi connectivity index (χ1n) is 9.12. The van der Waals surface area contributed by atoms with Crippen LogP contribution >= 0.6 is 12.4 Å². The zero-order valence-corrected chi connectivity index (χ0v) is 16.0. The van der Waals surface area contributed by atoms with Gasteiger partial charge in [-0.15, -0.1) is 12.4 Å². The molecule has 0 aliphatic carbocycles. The highest BCUT2D eigenvalue weighted by Gasteiger charge is 2.26. The number of benzene rings is 1. The second-order valence-electron chi connectivity index (χ2n) is 7.06. The molecule has 2 amide bonds. The number of ether oxygens (including phenoxy) is 1. The number of carbonyl (C=O) groups excluding carboxylic acids is 2. The van der Waals surface area contributed by atoms with Crippen LogP contribution in [0, 0.1) is 5.92 Å². The molecular weight excluding hydrogens is 354 g/mol. The Morgan fingerprint density at radius 1 is 1.27 bits per heavy atom. The van der Waals surface area contributed by atoms with Gasteiger partial charge in [-0.3, -0.25) is 9.59 Å². The second kappa shape index (κ2) is 9.35. The van der Waals surface area contributed by atoms with Gasteiger partial charge in [0.15, 0.2) is 0 Å². The van der Waals surface area contributed by atoms with Gasteiger partial charge in [0.2, 0.25) is 0 Å². The fourth-order valence-corrected chi connectivity index (χ4v) is 3.55. The van der Waals surface area contributed by atoms with Gasteiger partial charge in [-0.1, -0.05) is 6.07 Å². The molecule has 2 fully saturated rings. The molecule has 144 valence electrons. The Morgan fingerprint density at radius 2 is 2.00 bits per heavy atom. The van der Waals surface area contributed by atoms with Crippen LogP contribution in [0.4, 0.5) is 5.69 Å². The van der Waals surface area contributed by atoms with Crippen molar-refractivity contribution in [2.24, 2.45) is 11.7 Å². The summed E-state index contributed by atoms with van der Waals surface area (Å²) in [7, 11) is 0. The fourth-order valence-electron chi connectivity index (χ4n) is 3.55. The number of rotatable bonds is 4. The summed E-state index contributed by atoms with van der Waals surface area (Å²) in [4.78, 5) is 26.8. The first-order valence-corrected chi connectivity index (χ1v) is 9.12. The normalized spacial score (nSPS) is 21.8. The summed E-state index contributed by atoms with van der Waals surface area (Å²) in [5.74, 6) is 0.359. The van der Waals surface area contributed by atoms with Gasteiger partial charge >= 0.3 is 0 Å². The number of anilines is 1. The van der Waals surface area contributed by atoms with Gasteiger partial charge in [0.05, 0.1) is 0 Å². The lowest BCUT2D eigenvalue weighted by molar-refractivity contribution is -0.124. The number of hydrogen-bond acceptors (Lipinski definition) is 4. The van der Waals surface area contributed by atoms with Crippen LogP contribution in [0.2, 0.25) is 0 Å². The van der Waals surface area contributed by atoms with Gasteiger partial charge in [0.1, 0.15) is 6.10 Å². The van der Waals surface area contributed by atoms with E-state index in [-0.39, 0.29) is 36.4 Å². The predicted octanol–water partition coefficient (Wildman–Crippen LogP) is 2.43. The quantitative estimate of drug-likeness (QED) is 0.838. The molecule has 6 nitrogen and oxygen atoms in total. The van der Waals surface area contributed by atoms with E-state index in [4.69, 9.17) is 10.5 Å². The van der Waals surface area contributed by atoms with E-state index in [1.165, 1.54) is 0 Å². The molecule has 1 aromatic rings. The molecule has 7 heteroatoms. The SMILES string of the molecule is CC(N)C1CCN(C(=O)c2cccc(NC(=O)C3CCCO3)c2)CC1.Cl. The summed E-state index contributed by atoms with van der Waals surface area (Å²) in [5.41, 5.74) is 7.20. The molecule has 0 saturated carbocycles. The van der Waals surface area contributed by atoms with Crippen molar-refractivity contribution in [1.29, 1.82) is 0 Å². The van der Waals surface area contributed by atoms with E-state index >= 15 is 0 Å². The lowest BCUT2D eigenvalue weighted by atomic mass is 9.90. The summed E-state index contributed by atoms with van der Waals surface area (Å²) in [6.45, 7) is 4.13. The Morgan fingerprint density at radius 3 is 2.62 bits per heavy atom. The Bertz CT molecular complexity index is 624. The van der Waals surface area contributed by atoms with E-state index in [1.54, 1.807) is 24.3 Å². The second-order valence-corrected chi connectivity index (χ2v) is 7.06. The molecule has 26 heavy (non-hydrogen) atoms. The number of halogens is 1. The minimum Gasteiger partial charge on any atom is -0.368 e. The minimum absolute atomic E-state index is 0. The van der Waals surface area contributed by atoms with Crippen LogP contribution in [-0.2, 0) is 9.53 Å². The molecule has 2 atom stereocenters. The first-order chi connectivity index (χ1) is 12.0. The number of amides is 2.